The normalized spacial score (nSPS) is 12.7. The van der Waals surface area contributed by atoms with E-state index >= 15 is 0 Å². The third kappa shape index (κ3) is 3.01. The number of benzene rings is 1. The topological polar surface area (TPSA) is 134 Å². The maximum Gasteiger partial charge on any atom is 0.294 e. The molecule has 0 amide bonds. The van der Waals surface area contributed by atoms with Gasteiger partial charge in [0.15, 0.2) is 0 Å². The minimum Gasteiger partial charge on any atom is -0.282 e. The molecule has 0 heterocycles. The Balaban J connectivity index is 3.74. The molecule has 9 heteroatoms. The van der Waals surface area contributed by atoms with Crippen molar-refractivity contribution in [2.24, 2.45) is 5.14 Å². The van der Waals surface area contributed by atoms with Crippen LogP contribution in [0.3, 0.4) is 0 Å². The van der Waals surface area contributed by atoms with Gasteiger partial charge in [0.1, 0.15) is 6.61 Å². The van der Waals surface area contributed by atoms with Crippen LogP contribution in [-0.2, 0) is 31.9 Å². The Morgan fingerprint density at radius 3 is 2.12 bits per heavy atom. The van der Waals surface area contributed by atoms with Crippen LogP contribution < -0.4 is 5.14 Å². The predicted octanol–water partition coefficient (Wildman–Crippen LogP) is -0.180. The molecule has 1 aromatic carbocycles. The summed E-state index contributed by atoms with van der Waals surface area (Å²) in [4.78, 5) is -1.16. The van der Waals surface area contributed by atoms with Gasteiger partial charge in [0.2, 0.25) is 10.0 Å². The molecule has 0 spiro atoms. The second-order valence-electron chi connectivity index (χ2n) is 3.37. The number of primary sulfonamides is 1. The van der Waals surface area contributed by atoms with Crippen molar-refractivity contribution in [3.63, 3.8) is 0 Å². The lowest BCUT2D eigenvalue weighted by atomic mass is 10.1. The molecule has 95 valence electrons. The van der Waals surface area contributed by atoms with Crippen LogP contribution in [0.2, 0.25) is 0 Å². The Hall–Kier alpha value is -1.00. The van der Waals surface area contributed by atoms with E-state index in [1.165, 1.54) is 6.92 Å². The van der Waals surface area contributed by atoms with Gasteiger partial charge in [-0.15, -0.1) is 0 Å². The Labute approximate surface area is 98.7 Å². The zero-order valence-electron chi connectivity index (χ0n) is 8.74. The van der Waals surface area contributed by atoms with Gasteiger partial charge in [0, 0.05) is 0 Å². The summed E-state index contributed by atoms with van der Waals surface area (Å²) < 4.78 is 53.0. The molecule has 7 nitrogen and oxygen atoms in total. The highest BCUT2D eigenvalue weighted by atomic mass is 32.2. The third-order valence-corrected chi connectivity index (χ3v) is 4.07. The minimum absolute atomic E-state index is 0.0517. The van der Waals surface area contributed by atoms with E-state index in [1.54, 1.807) is 0 Å². The van der Waals surface area contributed by atoms with Gasteiger partial charge in [-0.25, -0.2) is 18.7 Å². The summed E-state index contributed by atoms with van der Waals surface area (Å²) in [5, 5.41) is 15.7. The van der Waals surface area contributed by atoms with Crippen LogP contribution in [0.25, 0.3) is 0 Å². The zero-order chi connectivity index (χ0) is 13.4. The van der Waals surface area contributed by atoms with Gasteiger partial charge in [-0.05, 0) is 30.2 Å². The van der Waals surface area contributed by atoms with Crippen molar-refractivity contribution in [1.82, 2.24) is 0 Å². The van der Waals surface area contributed by atoms with E-state index in [1.807, 2.05) is 0 Å². The van der Waals surface area contributed by atoms with Crippen molar-refractivity contribution in [1.29, 1.82) is 0 Å². The standard InChI is InChI=1S/C8H10NO6S2/c1-5-6(4-10)2-7(17(13,14)15)3-8(5)16(9,11)12/h2-3H,4H2,1H3,(H2,9,11,12)(H,13,14,15). The summed E-state index contributed by atoms with van der Waals surface area (Å²) in [6.45, 7) is 0.512. The van der Waals surface area contributed by atoms with Crippen LogP contribution >= 0.6 is 0 Å². The van der Waals surface area contributed by atoms with E-state index < -0.39 is 36.5 Å². The maximum absolute atomic E-state index is 11.2. The van der Waals surface area contributed by atoms with E-state index in [2.05, 4.69) is 0 Å². The minimum atomic E-state index is -4.59. The molecule has 0 aliphatic heterocycles. The van der Waals surface area contributed by atoms with Crippen molar-refractivity contribution in [3.8, 4) is 0 Å². The number of nitrogens with two attached hydrogens (primary N) is 1. The lowest BCUT2D eigenvalue weighted by Gasteiger charge is -2.09. The molecule has 0 atom stereocenters. The summed E-state index contributed by atoms with van der Waals surface area (Å²) in [7, 11) is -8.76. The molecule has 0 aromatic heterocycles. The monoisotopic (exact) mass is 280 g/mol. The first-order chi connectivity index (χ1) is 7.57. The quantitative estimate of drug-likeness (QED) is 0.740. The number of sulfonamides is 1. The van der Waals surface area contributed by atoms with Gasteiger partial charge in [-0.1, -0.05) is 0 Å². The summed E-state index contributed by atoms with van der Waals surface area (Å²) in [5.41, 5.74) is 0.0269. The Morgan fingerprint density at radius 1 is 1.24 bits per heavy atom. The SMILES string of the molecule is Cc1c(C[O])cc(S(=O)(=O)O)cc1S(N)(=O)=O. The Kier molecular flexibility index (Phi) is 3.60. The van der Waals surface area contributed by atoms with Crippen molar-refractivity contribution >= 4 is 20.1 Å². The van der Waals surface area contributed by atoms with Crippen LogP contribution in [0, 0.1) is 6.92 Å². The van der Waals surface area contributed by atoms with Gasteiger partial charge >= 0.3 is 0 Å². The average Bonchev–Trinajstić information content (AvgIpc) is 2.14. The second-order valence-corrected chi connectivity index (χ2v) is 6.32. The lowest BCUT2D eigenvalue weighted by molar-refractivity contribution is 0.176. The first kappa shape index (κ1) is 14.1. The van der Waals surface area contributed by atoms with E-state index in [9.17, 15) is 21.9 Å². The lowest BCUT2D eigenvalue weighted by Crippen LogP contribution is -2.16. The Morgan fingerprint density at radius 2 is 1.76 bits per heavy atom. The molecule has 3 N–H and O–H groups in total. The highest BCUT2D eigenvalue weighted by molar-refractivity contribution is 7.89. The molecule has 0 aliphatic carbocycles. The zero-order valence-corrected chi connectivity index (χ0v) is 10.4. The van der Waals surface area contributed by atoms with Crippen LogP contribution in [0.5, 0.6) is 0 Å². The molecule has 0 bridgehead atoms. The molecule has 1 radical (unpaired) electrons. The van der Waals surface area contributed by atoms with Crippen molar-refractivity contribution in [2.75, 3.05) is 0 Å². The van der Waals surface area contributed by atoms with Gasteiger partial charge in [-0.2, -0.15) is 8.42 Å². The van der Waals surface area contributed by atoms with Crippen LogP contribution in [0.1, 0.15) is 11.1 Å². The fraction of sp³-hybridized carbons (Fsp3) is 0.250. The van der Waals surface area contributed by atoms with Crippen LogP contribution in [-0.4, -0.2) is 21.4 Å². The van der Waals surface area contributed by atoms with Crippen molar-refractivity contribution in [3.05, 3.63) is 23.3 Å². The molecule has 17 heavy (non-hydrogen) atoms. The fourth-order valence-corrected chi connectivity index (χ4v) is 2.79. The molecular weight excluding hydrogens is 270 g/mol. The van der Waals surface area contributed by atoms with Crippen molar-refractivity contribution < 1.29 is 26.5 Å². The van der Waals surface area contributed by atoms with Gasteiger partial charge in [0.05, 0.1) is 9.79 Å². The van der Waals surface area contributed by atoms with Gasteiger partial charge < -0.3 is 0 Å². The number of hydrogen-bond donors (Lipinski definition) is 2. The predicted molar refractivity (Wildman–Crippen MR) is 56.8 cm³/mol. The van der Waals surface area contributed by atoms with Crippen molar-refractivity contribution in [2.45, 2.75) is 23.3 Å². The molecule has 0 saturated carbocycles. The highest BCUT2D eigenvalue weighted by Crippen LogP contribution is 2.23. The third-order valence-electron chi connectivity index (χ3n) is 2.20. The first-order valence-electron chi connectivity index (χ1n) is 4.29. The molecule has 1 aromatic rings. The molecular formula is C8H10NO6S2. The summed E-state index contributed by atoms with van der Waals surface area (Å²) >= 11 is 0. The molecule has 1 rings (SSSR count). The van der Waals surface area contributed by atoms with E-state index in [4.69, 9.17) is 9.69 Å². The highest BCUT2D eigenvalue weighted by Gasteiger charge is 2.20. The van der Waals surface area contributed by atoms with E-state index in [-0.39, 0.29) is 11.1 Å². The first-order valence-corrected chi connectivity index (χ1v) is 7.28. The number of hydrogen-bond acceptors (Lipinski definition) is 4. The summed E-state index contributed by atoms with van der Waals surface area (Å²) in [5.74, 6) is 0. The van der Waals surface area contributed by atoms with Crippen LogP contribution in [0.15, 0.2) is 21.9 Å². The van der Waals surface area contributed by atoms with Gasteiger partial charge in [0.25, 0.3) is 10.1 Å². The molecule has 0 fully saturated rings. The molecule has 0 saturated heterocycles. The van der Waals surface area contributed by atoms with E-state index in [0.717, 1.165) is 12.1 Å². The molecule has 0 aliphatic rings. The fourth-order valence-electron chi connectivity index (χ4n) is 1.31. The van der Waals surface area contributed by atoms with Crippen LogP contribution in [0.4, 0.5) is 0 Å². The second kappa shape index (κ2) is 4.35. The average molecular weight is 280 g/mol. The summed E-state index contributed by atoms with van der Waals surface area (Å²) in [6, 6.07) is 1.64. The molecule has 0 unspecified atom stereocenters. The number of rotatable bonds is 3. The summed E-state index contributed by atoms with van der Waals surface area (Å²) in [6.07, 6.45) is 0. The van der Waals surface area contributed by atoms with E-state index in [0.29, 0.717) is 0 Å². The van der Waals surface area contributed by atoms with Gasteiger partial charge in [-0.3, -0.25) is 4.55 Å². The maximum atomic E-state index is 11.2. The largest absolute Gasteiger partial charge is 0.294 e. The smallest absolute Gasteiger partial charge is 0.282 e. The Bertz CT molecular complexity index is 647.